The summed E-state index contributed by atoms with van der Waals surface area (Å²) in [6.45, 7) is 4.37. The Hall–Kier alpha value is -1.29. The number of hydrogen-bond acceptors (Lipinski definition) is 2. The first kappa shape index (κ1) is 15.1. The van der Waals surface area contributed by atoms with Gasteiger partial charge in [-0.1, -0.05) is 6.92 Å². The second-order valence-electron chi connectivity index (χ2n) is 5.56. The smallest absolute Gasteiger partial charge is 0.197 e. The highest BCUT2D eigenvalue weighted by molar-refractivity contribution is 6.02. The Labute approximate surface area is 118 Å². The Morgan fingerprint density at radius 2 is 2.00 bits per heavy atom. The van der Waals surface area contributed by atoms with Gasteiger partial charge in [0, 0.05) is 12.7 Å². The van der Waals surface area contributed by atoms with E-state index in [0.717, 1.165) is 25.0 Å². The van der Waals surface area contributed by atoms with Gasteiger partial charge in [0.15, 0.2) is 5.78 Å². The van der Waals surface area contributed by atoms with Gasteiger partial charge in [0.1, 0.15) is 17.2 Å². The fourth-order valence-corrected chi connectivity index (χ4v) is 2.86. The van der Waals surface area contributed by atoms with Crippen LogP contribution in [0.3, 0.4) is 0 Å². The number of ether oxygens (including phenoxy) is 1. The van der Waals surface area contributed by atoms with Crippen molar-refractivity contribution in [3.05, 3.63) is 35.4 Å². The van der Waals surface area contributed by atoms with Crippen molar-refractivity contribution < 1.29 is 18.3 Å². The standard InChI is InChI=1S/C16H20F2O2/c1-3-20-16(8-6-11(2)7-9-16)15(19)13-5-4-12(17)10-14(13)18/h4-5,10-11H,3,6-9H2,1-2H3. The molecule has 0 bridgehead atoms. The van der Waals surface area contributed by atoms with Gasteiger partial charge < -0.3 is 4.74 Å². The molecule has 1 aromatic carbocycles. The van der Waals surface area contributed by atoms with E-state index in [1.807, 2.05) is 6.92 Å². The van der Waals surface area contributed by atoms with E-state index < -0.39 is 17.2 Å². The SMILES string of the molecule is CCOC1(C(=O)c2ccc(F)cc2F)CCC(C)CC1. The van der Waals surface area contributed by atoms with Crippen LogP contribution in [0, 0.1) is 17.6 Å². The predicted molar refractivity (Wildman–Crippen MR) is 72.7 cm³/mol. The number of Topliss-reactive ketones (excluding diaryl/α,β-unsaturated/α-hetero) is 1. The molecule has 0 amide bonds. The predicted octanol–water partition coefficient (Wildman–Crippen LogP) is 4.13. The molecule has 0 heterocycles. The topological polar surface area (TPSA) is 26.3 Å². The molecule has 0 radical (unpaired) electrons. The first-order valence-electron chi connectivity index (χ1n) is 7.12. The van der Waals surface area contributed by atoms with Gasteiger partial charge in [0.05, 0.1) is 5.56 Å². The summed E-state index contributed by atoms with van der Waals surface area (Å²) in [6.07, 6.45) is 2.96. The summed E-state index contributed by atoms with van der Waals surface area (Å²) in [4.78, 5) is 12.7. The largest absolute Gasteiger partial charge is 0.367 e. The minimum Gasteiger partial charge on any atom is -0.367 e. The molecule has 20 heavy (non-hydrogen) atoms. The molecular formula is C16H20F2O2. The van der Waals surface area contributed by atoms with Crippen molar-refractivity contribution in [1.29, 1.82) is 0 Å². The Kier molecular flexibility index (Phi) is 4.53. The van der Waals surface area contributed by atoms with Crippen LogP contribution in [0.1, 0.15) is 49.9 Å². The second kappa shape index (κ2) is 6.00. The lowest BCUT2D eigenvalue weighted by atomic mass is 9.75. The van der Waals surface area contributed by atoms with Gasteiger partial charge in [0.2, 0.25) is 0 Å². The lowest BCUT2D eigenvalue weighted by Gasteiger charge is -2.37. The van der Waals surface area contributed by atoms with Gasteiger partial charge in [-0.05, 0) is 50.7 Å². The fourth-order valence-electron chi connectivity index (χ4n) is 2.86. The van der Waals surface area contributed by atoms with E-state index in [4.69, 9.17) is 4.74 Å². The summed E-state index contributed by atoms with van der Waals surface area (Å²) in [5.74, 6) is -1.30. The molecule has 0 N–H and O–H groups in total. The molecule has 4 heteroatoms. The van der Waals surface area contributed by atoms with Crippen LogP contribution in [0.2, 0.25) is 0 Å². The summed E-state index contributed by atoms with van der Waals surface area (Å²) in [7, 11) is 0. The van der Waals surface area contributed by atoms with Crippen molar-refractivity contribution in [2.24, 2.45) is 5.92 Å². The molecule has 1 fully saturated rings. The summed E-state index contributed by atoms with van der Waals surface area (Å²) in [6, 6.07) is 3.07. The maximum Gasteiger partial charge on any atom is 0.197 e. The molecule has 2 rings (SSSR count). The summed E-state index contributed by atoms with van der Waals surface area (Å²) < 4.78 is 32.5. The Bertz CT molecular complexity index is 491. The van der Waals surface area contributed by atoms with Crippen molar-refractivity contribution in [2.45, 2.75) is 45.1 Å². The highest BCUT2D eigenvalue weighted by Gasteiger charge is 2.43. The number of rotatable bonds is 4. The average molecular weight is 282 g/mol. The third kappa shape index (κ3) is 2.90. The van der Waals surface area contributed by atoms with Crippen molar-refractivity contribution in [2.75, 3.05) is 6.61 Å². The molecule has 0 atom stereocenters. The van der Waals surface area contributed by atoms with E-state index in [0.29, 0.717) is 25.4 Å². The van der Waals surface area contributed by atoms with Crippen molar-refractivity contribution in [3.63, 3.8) is 0 Å². The second-order valence-corrected chi connectivity index (χ2v) is 5.56. The molecule has 0 unspecified atom stereocenters. The van der Waals surface area contributed by atoms with Gasteiger partial charge in [0.25, 0.3) is 0 Å². The maximum atomic E-state index is 13.8. The van der Waals surface area contributed by atoms with Gasteiger partial charge in [-0.3, -0.25) is 4.79 Å². The number of hydrogen-bond donors (Lipinski definition) is 0. The summed E-state index contributed by atoms with van der Waals surface area (Å²) >= 11 is 0. The molecule has 0 spiro atoms. The normalized spacial score (nSPS) is 26.5. The highest BCUT2D eigenvalue weighted by atomic mass is 19.1. The Balaban J connectivity index is 2.31. The molecule has 2 nitrogen and oxygen atoms in total. The van der Waals surface area contributed by atoms with Crippen LogP contribution in [-0.2, 0) is 4.74 Å². The number of carbonyl (C=O) groups excluding carboxylic acids is 1. The van der Waals surface area contributed by atoms with E-state index in [9.17, 15) is 13.6 Å². The van der Waals surface area contributed by atoms with Crippen molar-refractivity contribution in [1.82, 2.24) is 0 Å². The van der Waals surface area contributed by atoms with Crippen LogP contribution < -0.4 is 0 Å². The van der Waals surface area contributed by atoms with Gasteiger partial charge in [-0.15, -0.1) is 0 Å². The zero-order valence-corrected chi connectivity index (χ0v) is 11.9. The van der Waals surface area contributed by atoms with E-state index in [2.05, 4.69) is 6.92 Å². The first-order valence-corrected chi connectivity index (χ1v) is 7.12. The number of ketones is 1. The van der Waals surface area contributed by atoms with Gasteiger partial charge in [-0.25, -0.2) is 8.78 Å². The van der Waals surface area contributed by atoms with Crippen LogP contribution in [0.5, 0.6) is 0 Å². The molecular weight excluding hydrogens is 262 g/mol. The van der Waals surface area contributed by atoms with E-state index >= 15 is 0 Å². The first-order chi connectivity index (χ1) is 9.48. The van der Waals surface area contributed by atoms with Crippen LogP contribution in [-0.4, -0.2) is 18.0 Å². The fraction of sp³-hybridized carbons (Fsp3) is 0.562. The van der Waals surface area contributed by atoms with Crippen molar-refractivity contribution >= 4 is 5.78 Å². The highest BCUT2D eigenvalue weighted by Crippen LogP contribution is 2.37. The van der Waals surface area contributed by atoms with E-state index in [-0.39, 0.29) is 11.3 Å². The Morgan fingerprint density at radius 3 is 2.55 bits per heavy atom. The van der Waals surface area contributed by atoms with Gasteiger partial charge >= 0.3 is 0 Å². The average Bonchev–Trinajstić information content (AvgIpc) is 2.41. The third-order valence-electron chi connectivity index (χ3n) is 4.09. The molecule has 1 saturated carbocycles. The van der Waals surface area contributed by atoms with Crippen LogP contribution in [0.4, 0.5) is 8.78 Å². The minimum atomic E-state index is -0.945. The van der Waals surface area contributed by atoms with Gasteiger partial charge in [-0.2, -0.15) is 0 Å². The maximum absolute atomic E-state index is 13.8. The lowest BCUT2D eigenvalue weighted by Crippen LogP contribution is -2.45. The Morgan fingerprint density at radius 1 is 1.35 bits per heavy atom. The third-order valence-corrected chi connectivity index (χ3v) is 4.09. The van der Waals surface area contributed by atoms with Crippen molar-refractivity contribution in [3.8, 4) is 0 Å². The molecule has 1 aromatic rings. The summed E-state index contributed by atoms with van der Waals surface area (Å²) in [5.41, 5.74) is -1.02. The van der Waals surface area contributed by atoms with E-state index in [1.54, 1.807) is 0 Å². The van der Waals surface area contributed by atoms with E-state index in [1.165, 1.54) is 6.07 Å². The summed E-state index contributed by atoms with van der Waals surface area (Å²) in [5, 5.41) is 0. The van der Waals surface area contributed by atoms with Crippen LogP contribution >= 0.6 is 0 Å². The molecule has 0 saturated heterocycles. The molecule has 1 aliphatic carbocycles. The monoisotopic (exact) mass is 282 g/mol. The zero-order chi connectivity index (χ0) is 14.8. The quantitative estimate of drug-likeness (QED) is 0.776. The number of benzene rings is 1. The van der Waals surface area contributed by atoms with Crippen LogP contribution in [0.15, 0.2) is 18.2 Å². The molecule has 110 valence electrons. The number of halogens is 2. The lowest BCUT2D eigenvalue weighted by molar-refractivity contribution is -0.0476. The van der Waals surface area contributed by atoms with Crippen LogP contribution in [0.25, 0.3) is 0 Å². The number of carbonyl (C=O) groups is 1. The molecule has 0 aliphatic heterocycles. The zero-order valence-electron chi connectivity index (χ0n) is 11.9. The molecule has 1 aliphatic rings. The minimum absolute atomic E-state index is 0.0746. The molecule has 0 aromatic heterocycles.